The largest absolute Gasteiger partial charge is 0.315 e. The molecule has 0 aliphatic carbocycles. The quantitative estimate of drug-likeness (QED) is 0.871. The van der Waals surface area contributed by atoms with Crippen LogP contribution in [0.1, 0.15) is 26.1 Å². The third-order valence-corrected chi connectivity index (χ3v) is 6.79. The first-order valence-electron chi connectivity index (χ1n) is 7.03. The lowest BCUT2D eigenvalue weighted by atomic mass is 10.1. The molecule has 1 saturated heterocycles. The molecule has 1 aromatic rings. The van der Waals surface area contributed by atoms with Gasteiger partial charge in [-0.3, -0.25) is 4.68 Å². The van der Waals surface area contributed by atoms with E-state index in [-0.39, 0.29) is 0 Å². The second kappa shape index (κ2) is 7.55. The Balaban J connectivity index is 2.03. The van der Waals surface area contributed by atoms with Crippen LogP contribution in [0.3, 0.4) is 0 Å². The summed E-state index contributed by atoms with van der Waals surface area (Å²) >= 11 is 4.20. The molecular formula is C13H24N4S2. The molecule has 3 atom stereocenters. The Hall–Kier alpha value is -0.200. The maximum absolute atomic E-state index is 4.44. The van der Waals surface area contributed by atoms with E-state index in [2.05, 4.69) is 64.5 Å². The number of aromatic nitrogens is 3. The third kappa shape index (κ3) is 3.89. The van der Waals surface area contributed by atoms with Gasteiger partial charge in [0.2, 0.25) is 0 Å². The van der Waals surface area contributed by atoms with Crippen molar-refractivity contribution in [3.8, 4) is 0 Å². The van der Waals surface area contributed by atoms with Gasteiger partial charge in [-0.25, -0.2) is 4.98 Å². The van der Waals surface area contributed by atoms with E-state index >= 15 is 0 Å². The van der Waals surface area contributed by atoms with Crippen LogP contribution in [0.4, 0.5) is 0 Å². The molecule has 0 spiro atoms. The number of rotatable bonds is 6. The lowest BCUT2D eigenvalue weighted by Gasteiger charge is -2.34. The van der Waals surface area contributed by atoms with E-state index in [0.29, 0.717) is 16.5 Å². The van der Waals surface area contributed by atoms with Gasteiger partial charge in [0.15, 0.2) is 0 Å². The van der Waals surface area contributed by atoms with E-state index in [1.807, 2.05) is 0 Å². The Bertz CT molecular complexity index is 382. The van der Waals surface area contributed by atoms with Crippen LogP contribution in [-0.4, -0.2) is 49.9 Å². The standard InChI is InChI=1S/C13H24N4S2/c1-4-5-17-12(15-9-16-17)8-11(14-3)13-10(2)18-6-7-19-13/h9-11,13-14H,4-8H2,1-3H3. The van der Waals surface area contributed by atoms with Crippen LogP contribution in [0.15, 0.2) is 6.33 Å². The van der Waals surface area contributed by atoms with Crippen LogP contribution in [-0.2, 0) is 13.0 Å². The SMILES string of the molecule is CCCn1ncnc1CC(NC)C1SCCSC1C. The van der Waals surface area contributed by atoms with Crippen molar-refractivity contribution in [2.75, 3.05) is 18.6 Å². The highest BCUT2D eigenvalue weighted by atomic mass is 32.2. The lowest BCUT2D eigenvalue weighted by Crippen LogP contribution is -2.44. The number of nitrogens with one attached hydrogen (secondary N) is 1. The minimum absolute atomic E-state index is 0.479. The topological polar surface area (TPSA) is 42.7 Å². The van der Waals surface area contributed by atoms with Crippen molar-refractivity contribution in [1.29, 1.82) is 0 Å². The summed E-state index contributed by atoms with van der Waals surface area (Å²) in [5.74, 6) is 3.66. The molecular weight excluding hydrogens is 276 g/mol. The van der Waals surface area contributed by atoms with Gasteiger partial charge in [-0.05, 0) is 13.5 Å². The Morgan fingerprint density at radius 1 is 1.47 bits per heavy atom. The molecule has 0 amide bonds. The van der Waals surface area contributed by atoms with Gasteiger partial charge < -0.3 is 5.32 Å². The van der Waals surface area contributed by atoms with Gasteiger partial charge in [0.1, 0.15) is 12.2 Å². The van der Waals surface area contributed by atoms with E-state index in [1.54, 1.807) is 6.33 Å². The number of hydrogen-bond donors (Lipinski definition) is 1. The fourth-order valence-corrected chi connectivity index (χ4v) is 5.52. The maximum atomic E-state index is 4.44. The van der Waals surface area contributed by atoms with Crippen molar-refractivity contribution >= 4 is 23.5 Å². The van der Waals surface area contributed by atoms with Gasteiger partial charge in [0.05, 0.1) is 0 Å². The normalized spacial score (nSPS) is 25.4. The van der Waals surface area contributed by atoms with Crippen molar-refractivity contribution in [2.24, 2.45) is 0 Å². The van der Waals surface area contributed by atoms with Gasteiger partial charge >= 0.3 is 0 Å². The van der Waals surface area contributed by atoms with Gasteiger partial charge in [0.25, 0.3) is 0 Å². The first kappa shape index (κ1) is 15.2. The molecule has 2 heterocycles. The zero-order valence-corrected chi connectivity index (χ0v) is 13.6. The second-order valence-corrected chi connectivity index (χ2v) is 7.68. The number of aryl methyl sites for hydroxylation is 1. The summed E-state index contributed by atoms with van der Waals surface area (Å²) < 4.78 is 2.05. The fourth-order valence-electron chi connectivity index (χ4n) is 2.52. The monoisotopic (exact) mass is 300 g/mol. The molecule has 1 aliphatic heterocycles. The van der Waals surface area contributed by atoms with Gasteiger partial charge in [-0.15, -0.1) is 0 Å². The highest BCUT2D eigenvalue weighted by molar-refractivity contribution is 8.07. The van der Waals surface area contributed by atoms with Crippen molar-refractivity contribution in [3.05, 3.63) is 12.2 Å². The zero-order chi connectivity index (χ0) is 13.7. The Labute approximate surface area is 124 Å². The fraction of sp³-hybridized carbons (Fsp3) is 0.846. The highest BCUT2D eigenvalue weighted by Crippen LogP contribution is 2.33. The summed E-state index contributed by atoms with van der Waals surface area (Å²) in [7, 11) is 2.07. The molecule has 1 aromatic heterocycles. The molecule has 3 unspecified atom stereocenters. The lowest BCUT2D eigenvalue weighted by molar-refractivity contribution is 0.488. The Kier molecular flexibility index (Phi) is 6.04. The smallest absolute Gasteiger partial charge is 0.138 e. The van der Waals surface area contributed by atoms with E-state index in [0.717, 1.165) is 25.2 Å². The van der Waals surface area contributed by atoms with Gasteiger partial charge in [0, 0.05) is 41.0 Å². The van der Waals surface area contributed by atoms with Crippen molar-refractivity contribution < 1.29 is 0 Å². The molecule has 0 bridgehead atoms. The van der Waals surface area contributed by atoms with Crippen LogP contribution in [0.25, 0.3) is 0 Å². The first-order chi connectivity index (χ1) is 9.26. The summed E-state index contributed by atoms with van der Waals surface area (Å²) in [6.07, 6.45) is 3.76. The Morgan fingerprint density at radius 3 is 2.95 bits per heavy atom. The molecule has 19 heavy (non-hydrogen) atoms. The van der Waals surface area contributed by atoms with Gasteiger partial charge in [-0.1, -0.05) is 13.8 Å². The van der Waals surface area contributed by atoms with E-state index < -0.39 is 0 Å². The molecule has 108 valence electrons. The molecule has 1 fully saturated rings. The predicted molar refractivity (Wildman–Crippen MR) is 85.0 cm³/mol. The molecule has 0 aromatic carbocycles. The van der Waals surface area contributed by atoms with Crippen molar-refractivity contribution in [2.45, 2.75) is 49.8 Å². The number of likely N-dealkylation sites (N-methyl/N-ethyl adjacent to an activating group) is 1. The zero-order valence-electron chi connectivity index (χ0n) is 12.0. The molecule has 1 aliphatic rings. The van der Waals surface area contributed by atoms with E-state index in [1.165, 1.54) is 11.5 Å². The Morgan fingerprint density at radius 2 is 2.26 bits per heavy atom. The summed E-state index contributed by atoms with van der Waals surface area (Å²) in [6.45, 7) is 5.49. The second-order valence-electron chi connectivity index (χ2n) is 4.91. The molecule has 0 saturated carbocycles. The van der Waals surface area contributed by atoms with Crippen LogP contribution < -0.4 is 5.32 Å². The van der Waals surface area contributed by atoms with Crippen molar-refractivity contribution in [3.63, 3.8) is 0 Å². The number of thioether (sulfide) groups is 2. The summed E-state index contributed by atoms with van der Waals surface area (Å²) in [4.78, 5) is 4.44. The number of hydrogen-bond acceptors (Lipinski definition) is 5. The predicted octanol–water partition coefficient (Wildman–Crippen LogP) is 2.06. The van der Waals surface area contributed by atoms with E-state index in [9.17, 15) is 0 Å². The number of nitrogens with zero attached hydrogens (tertiary/aromatic N) is 3. The minimum Gasteiger partial charge on any atom is -0.315 e. The van der Waals surface area contributed by atoms with Crippen molar-refractivity contribution in [1.82, 2.24) is 20.1 Å². The van der Waals surface area contributed by atoms with Crippen LogP contribution in [0, 0.1) is 0 Å². The average molecular weight is 300 g/mol. The van der Waals surface area contributed by atoms with Crippen LogP contribution >= 0.6 is 23.5 Å². The molecule has 1 N–H and O–H groups in total. The minimum atomic E-state index is 0.479. The summed E-state index contributed by atoms with van der Waals surface area (Å²) in [6, 6.07) is 0.479. The summed E-state index contributed by atoms with van der Waals surface area (Å²) in [5, 5.41) is 9.19. The highest BCUT2D eigenvalue weighted by Gasteiger charge is 2.30. The molecule has 4 nitrogen and oxygen atoms in total. The maximum Gasteiger partial charge on any atom is 0.138 e. The summed E-state index contributed by atoms with van der Waals surface area (Å²) in [5.41, 5.74) is 0. The molecule has 6 heteroatoms. The molecule has 2 rings (SSSR count). The van der Waals surface area contributed by atoms with Crippen LogP contribution in [0.2, 0.25) is 0 Å². The van der Waals surface area contributed by atoms with E-state index in [4.69, 9.17) is 0 Å². The van der Waals surface area contributed by atoms with Gasteiger partial charge in [-0.2, -0.15) is 28.6 Å². The average Bonchev–Trinajstić information content (AvgIpc) is 2.85. The van der Waals surface area contributed by atoms with Crippen LogP contribution in [0.5, 0.6) is 0 Å². The molecule has 0 radical (unpaired) electrons. The first-order valence-corrected chi connectivity index (χ1v) is 9.13. The third-order valence-electron chi connectivity index (χ3n) is 3.54.